The Kier molecular flexibility index (Phi) is 3.51. The molecule has 3 nitrogen and oxygen atoms in total. The third-order valence-electron chi connectivity index (χ3n) is 4.53. The van der Waals surface area contributed by atoms with Crippen LogP contribution in [-0.4, -0.2) is 28.0 Å². The van der Waals surface area contributed by atoms with E-state index in [1.54, 1.807) is 0 Å². The van der Waals surface area contributed by atoms with Crippen molar-refractivity contribution in [3.05, 3.63) is 36.0 Å². The Labute approximate surface area is 120 Å². The minimum Gasteiger partial charge on any atom is -0.340 e. The predicted molar refractivity (Wildman–Crippen MR) is 81.9 cm³/mol. The van der Waals surface area contributed by atoms with Crippen LogP contribution in [0.4, 0.5) is 0 Å². The van der Waals surface area contributed by atoms with Crippen LogP contribution in [0.1, 0.15) is 43.1 Å². The smallest absolute Gasteiger partial charge is 0.270 e. The SMILES string of the molecule is CCC1CCCCN1C(=O)c1cc2ccccc2n1C. The quantitative estimate of drug-likeness (QED) is 0.818. The van der Waals surface area contributed by atoms with Gasteiger partial charge in [0.2, 0.25) is 0 Å². The van der Waals surface area contributed by atoms with E-state index in [0.29, 0.717) is 6.04 Å². The molecule has 1 aliphatic rings. The number of carbonyl (C=O) groups excluding carboxylic acids is 1. The van der Waals surface area contributed by atoms with E-state index in [-0.39, 0.29) is 5.91 Å². The molecule has 1 fully saturated rings. The van der Waals surface area contributed by atoms with Gasteiger partial charge in [0.1, 0.15) is 5.69 Å². The molecule has 1 unspecified atom stereocenters. The second-order valence-corrected chi connectivity index (χ2v) is 5.70. The van der Waals surface area contributed by atoms with Crippen molar-refractivity contribution in [2.45, 2.75) is 38.6 Å². The van der Waals surface area contributed by atoms with Crippen molar-refractivity contribution in [1.29, 1.82) is 0 Å². The molecule has 0 aliphatic carbocycles. The Morgan fingerprint density at radius 3 is 2.85 bits per heavy atom. The van der Waals surface area contributed by atoms with E-state index in [9.17, 15) is 4.79 Å². The summed E-state index contributed by atoms with van der Waals surface area (Å²) in [6.07, 6.45) is 4.57. The highest BCUT2D eigenvalue weighted by molar-refractivity contribution is 5.98. The van der Waals surface area contributed by atoms with E-state index >= 15 is 0 Å². The molecule has 3 heteroatoms. The van der Waals surface area contributed by atoms with Crippen LogP contribution in [0.25, 0.3) is 10.9 Å². The second-order valence-electron chi connectivity index (χ2n) is 5.70. The Balaban J connectivity index is 1.97. The number of aromatic nitrogens is 1. The first kappa shape index (κ1) is 13.2. The lowest BCUT2D eigenvalue weighted by molar-refractivity contribution is 0.0598. The normalized spacial score (nSPS) is 19.5. The third kappa shape index (κ3) is 2.11. The molecule has 0 bridgehead atoms. The van der Waals surface area contributed by atoms with E-state index < -0.39 is 0 Å². The molecule has 0 saturated carbocycles. The van der Waals surface area contributed by atoms with Crippen molar-refractivity contribution >= 4 is 16.8 Å². The van der Waals surface area contributed by atoms with Gasteiger partial charge >= 0.3 is 0 Å². The van der Waals surface area contributed by atoms with Crippen molar-refractivity contribution in [3.8, 4) is 0 Å². The zero-order valence-electron chi connectivity index (χ0n) is 12.3. The fourth-order valence-electron chi connectivity index (χ4n) is 3.33. The molecule has 106 valence electrons. The van der Waals surface area contributed by atoms with Crippen LogP contribution < -0.4 is 0 Å². The van der Waals surface area contributed by atoms with E-state index in [0.717, 1.165) is 42.4 Å². The Hall–Kier alpha value is -1.77. The van der Waals surface area contributed by atoms with Crippen LogP contribution in [0.3, 0.4) is 0 Å². The molecule has 1 amide bonds. The van der Waals surface area contributed by atoms with Crippen molar-refractivity contribution < 1.29 is 4.79 Å². The summed E-state index contributed by atoms with van der Waals surface area (Å²) in [5, 5.41) is 1.14. The number of rotatable bonds is 2. The maximum atomic E-state index is 12.9. The van der Waals surface area contributed by atoms with Gasteiger partial charge in [0, 0.05) is 30.5 Å². The van der Waals surface area contributed by atoms with Crippen LogP contribution in [0, 0.1) is 0 Å². The summed E-state index contributed by atoms with van der Waals surface area (Å²) >= 11 is 0. The number of likely N-dealkylation sites (tertiary alicyclic amines) is 1. The van der Waals surface area contributed by atoms with Crippen molar-refractivity contribution in [2.24, 2.45) is 7.05 Å². The zero-order chi connectivity index (χ0) is 14.1. The molecule has 20 heavy (non-hydrogen) atoms. The minimum absolute atomic E-state index is 0.190. The molecule has 1 aromatic heterocycles. The van der Waals surface area contributed by atoms with Crippen LogP contribution in [-0.2, 0) is 7.05 Å². The summed E-state index contributed by atoms with van der Waals surface area (Å²) < 4.78 is 2.03. The highest BCUT2D eigenvalue weighted by Crippen LogP contribution is 2.24. The number of amides is 1. The molecule has 0 radical (unpaired) electrons. The fraction of sp³-hybridized carbons (Fsp3) is 0.471. The largest absolute Gasteiger partial charge is 0.340 e. The molecule has 3 rings (SSSR count). The van der Waals surface area contributed by atoms with Gasteiger partial charge in [0.25, 0.3) is 5.91 Å². The first-order chi connectivity index (χ1) is 9.72. The van der Waals surface area contributed by atoms with Crippen molar-refractivity contribution in [1.82, 2.24) is 9.47 Å². The molecule has 1 aromatic carbocycles. The first-order valence-corrected chi connectivity index (χ1v) is 7.57. The first-order valence-electron chi connectivity index (χ1n) is 7.57. The Morgan fingerprint density at radius 1 is 1.30 bits per heavy atom. The molecule has 0 N–H and O–H groups in total. The van der Waals surface area contributed by atoms with Gasteiger partial charge < -0.3 is 9.47 Å². The number of piperidine rings is 1. The van der Waals surface area contributed by atoms with Gasteiger partial charge in [-0.3, -0.25) is 4.79 Å². The van der Waals surface area contributed by atoms with Crippen molar-refractivity contribution in [2.75, 3.05) is 6.54 Å². The van der Waals surface area contributed by atoms with Gasteiger partial charge in [-0.1, -0.05) is 25.1 Å². The molecule has 1 saturated heterocycles. The highest BCUT2D eigenvalue weighted by Gasteiger charge is 2.27. The fourth-order valence-corrected chi connectivity index (χ4v) is 3.33. The molecule has 1 aliphatic heterocycles. The van der Waals surface area contributed by atoms with Gasteiger partial charge in [0.05, 0.1) is 0 Å². The van der Waals surface area contributed by atoms with E-state index in [4.69, 9.17) is 0 Å². The second kappa shape index (κ2) is 5.31. The van der Waals surface area contributed by atoms with Crippen molar-refractivity contribution in [3.63, 3.8) is 0 Å². The monoisotopic (exact) mass is 270 g/mol. The summed E-state index contributed by atoms with van der Waals surface area (Å²) in [6.45, 7) is 3.08. The number of nitrogens with zero attached hydrogens (tertiary/aromatic N) is 2. The number of fused-ring (bicyclic) bond motifs is 1. The van der Waals surface area contributed by atoms with Gasteiger partial charge in [-0.2, -0.15) is 0 Å². The molecular formula is C17H22N2O. The van der Waals surface area contributed by atoms with Crippen LogP contribution in [0.5, 0.6) is 0 Å². The Morgan fingerprint density at radius 2 is 2.10 bits per heavy atom. The maximum absolute atomic E-state index is 12.9. The van der Waals surface area contributed by atoms with Crippen LogP contribution >= 0.6 is 0 Å². The summed E-state index contributed by atoms with van der Waals surface area (Å²) in [4.78, 5) is 14.9. The maximum Gasteiger partial charge on any atom is 0.270 e. The van der Waals surface area contributed by atoms with Crippen LogP contribution in [0.15, 0.2) is 30.3 Å². The Bertz CT molecular complexity index is 629. The number of benzene rings is 1. The van der Waals surface area contributed by atoms with Gasteiger partial charge in [0.15, 0.2) is 0 Å². The number of hydrogen-bond donors (Lipinski definition) is 0. The van der Waals surface area contributed by atoms with E-state index in [1.165, 1.54) is 6.42 Å². The van der Waals surface area contributed by atoms with Gasteiger partial charge in [-0.25, -0.2) is 0 Å². The van der Waals surface area contributed by atoms with Gasteiger partial charge in [-0.15, -0.1) is 0 Å². The predicted octanol–water partition coefficient (Wildman–Crippen LogP) is 3.58. The lowest BCUT2D eigenvalue weighted by atomic mass is 9.99. The minimum atomic E-state index is 0.190. The average molecular weight is 270 g/mol. The molecule has 2 aromatic rings. The average Bonchev–Trinajstić information content (AvgIpc) is 2.84. The summed E-state index contributed by atoms with van der Waals surface area (Å²) in [6, 6.07) is 10.6. The number of para-hydroxylation sites is 1. The summed E-state index contributed by atoms with van der Waals surface area (Å²) in [7, 11) is 1.99. The summed E-state index contributed by atoms with van der Waals surface area (Å²) in [5.74, 6) is 0.190. The topological polar surface area (TPSA) is 25.2 Å². The number of aryl methyl sites for hydroxylation is 1. The van der Waals surface area contributed by atoms with Gasteiger partial charge in [-0.05, 0) is 37.8 Å². The highest BCUT2D eigenvalue weighted by atomic mass is 16.2. The standard InChI is InChI=1S/C17H22N2O/c1-3-14-9-6-7-11-19(14)17(20)16-12-13-8-4-5-10-15(13)18(16)2/h4-5,8,10,12,14H,3,6-7,9,11H2,1-2H3. The zero-order valence-corrected chi connectivity index (χ0v) is 12.3. The lowest BCUT2D eigenvalue weighted by Crippen LogP contribution is -2.43. The molecular weight excluding hydrogens is 248 g/mol. The van der Waals surface area contributed by atoms with Crippen LogP contribution in [0.2, 0.25) is 0 Å². The molecule has 2 heterocycles. The lowest BCUT2D eigenvalue weighted by Gasteiger charge is -2.35. The molecule has 1 atom stereocenters. The third-order valence-corrected chi connectivity index (χ3v) is 4.53. The molecule has 0 spiro atoms. The number of carbonyl (C=O) groups is 1. The van der Waals surface area contributed by atoms with E-state index in [2.05, 4.69) is 24.0 Å². The number of hydrogen-bond acceptors (Lipinski definition) is 1. The van der Waals surface area contributed by atoms with E-state index in [1.807, 2.05) is 29.8 Å². The summed E-state index contributed by atoms with van der Waals surface area (Å²) in [5.41, 5.74) is 1.94.